The molecule has 0 aromatic heterocycles. The molecule has 0 unspecified atom stereocenters. The van der Waals surface area contributed by atoms with E-state index in [1.54, 1.807) is 0 Å². The molecule has 1 aliphatic carbocycles. The second-order valence-corrected chi connectivity index (χ2v) is 4.37. The molecule has 1 aliphatic rings. The number of amides is 3. The number of carbonyl (C=O) groups is 3. The Bertz CT molecular complexity index is 315. The van der Waals surface area contributed by atoms with Crippen LogP contribution in [0, 0.1) is 5.92 Å². The number of carbonyl (C=O) groups excluding carboxylic acids is 2. The highest BCUT2D eigenvalue weighted by molar-refractivity contribution is 5.86. The van der Waals surface area contributed by atoms with Crippen molar-refractivity contribution >= 4 is 17.9 Å². The Balaban J connectivity index is 1.94. The van der Waals surface area contributed by atoms with Crippen LogP contribution in [0.1, 0.15) is 25.7 Å². The van der Waals surface area contributed by atoms with Gasteiger partial charge in [0, 0.05) is 6.54 Å². The number of rotatable bonds is 8. The minimum atomic E-state index is -1.12. The number of nitrogens with one attached hydrogen (secondary N) is 3. The van der Waals surface area contributed by atoms with E-state index >= 15 is 0 Å². The Kier molecular flexibility index (Phi) is 5.96. The summed E-state index contributed by atoms with van der Waals surface area (Å²) in [6, 6.07) is -0.406. The van der Waals surface area contributed by atoms with Crippen LogP contribution >= 0.6 is 0 Å². The Morgan fingerprint density at radius 3 is 2.39 bits per heavy atom. The topological polar surface area (TPSA) is 108 Å². The summed E-state index contributed by atoms with van der Waals surface area (Å²) < 4.78 is 0. The van der Waals surface area contributed by atoms with E-state index in [9.17, 15) is 14.4 Å². The fourth-order valence-electron chi connectivity index (χ4n) is 1.46. The van der Waals surface area contributed by atoms with E-state index in [2.05, 4.69) is 16.0 Å². The van der Waals surface area contributed by atoms with Crippen molar-refractivity contribution in [1.29, 1.82) is 0 Å². The lowest BCUT2D eigenvalue weighted by Crippen LogP contribution is -2.43. The van der Waals surface area contributed by atoms with E-state index in [0.717, 1.165) is 18.8 Å². The predicted molar refractivity (Wildman–Crippen MR) is 64.0 cm³/mol. The third kappa shape index (κ3) is 7.48. The summed E-state index contributed by atoms with van der Waals surface area (Å²) in [6.45, 7) is -0.0651. The lowest BCUT2D eigenvalue weighted by atomic mass is 10.2. The summed E-state index contributed by atoms with van der Waals surface area (Å²) in [4.78, 5) is 32.5. The van der Waals surface area contributed by atoms with Gasteiger partial charge in [-0.1, -0.05) is 12.8 Å². The first-order valence-electron chi connectivity index (χ1n) is 6.08. The van der Waals surface area contributed by atoms with Gasteiger partial charge in [0.15, 0.2) is 0 Å². The van der Waals surface area contributed by atoms with E-state index in [-0.39, 0.29) is 6.54 Å². The molecule has 7 nitrogen and oxygen atoms in total. The van der Waals surface area contributed by atoms with Gasteiger partial charge in [-0.25, -0.2) is 4.79 Å². The first-order chi connectivity index (χ1) is 8.58. The predicted octanol–water partition coefficient (Wildman–Crippen LogP) is -0.323. The molecule has 0 spiro atoms. The van der Waals surface area contributed by atoms with Gasteiger partial charge >= 0.3 is 12.0 Å². The van der Waals surface area contributed by atoms with Crippen molar-refractivity contribution in [1.82, 2.24) is 16.0 Å². The van der Waals surface area contributed by atoms with Gasteiger partial charge in [-0.3, -0.25) is 9.59 Å². The monoisotopic (exact) mass is 257 g/mol. The number of urea groups is 1. The number of hydrogen-bond donors (Lipinski definition) is 4. The van der Waals surface area contributed by atoms with E-state index < -0.39 is 24.5 Å². The molecule has 1 fully saturated rings. The highest BCUT2D eigenvalue weighted by Gasteiger charge is 2.20. The maximum Gasteiger partial charge on any atom is 0.322 e. The van der Waals surface area contributed by atoms with Crippen LogP contribution in [0.2, 0.25) is 0 Å². The second-order valence-electron chi connectivity index (χ2n) is 4.37. The Morgan fingerprint density at radius 1 is 1.06 bits per heavy atom. The third-order valence-electron chi connectivity index (χ3n) is 2.62. The Morgan fingerprint density at radius 2 is 1.78 bits per heavy atom. The van der Waals surface area contributed by atoms with Gasteiger partial charge in [0.05, 0.1) is 6.54 Å². The third-order valence-corrected chi connectivity index (χ3v) is 2.62. The lowest BCUT2D eigenvalue weighted by Gasteiger charge is -2.07. The van der Waals surface area contributed by atoms with Gasteiger partial charge in [-0.05, 0) is 18.8 Å². The number of carboxylic acids is 1. The Labute approximate surface area is 105 Å². The largest absolute Gasteiger partial charge is 0.480 e. The van der Waals surface area contributed by atoms with Crippen molar-refractivity contribution in [2.75, 3.05) is 19.6 Å². The van der Waals surface area contributed by atoms with Gasteiger partial charge in [0.1, 0.15) is 6.54 Å². The smallest absolute Gasteiger partial charge is 0.322 e. The summed E-state index contributed by atoms with van der Waals surface area (Å²) in [5.74, 6) is -0.796. The lowest BCUT2D eigenvalue weighted by molar-refractivity contribution is -0.137. The Hall–Kier alpha value is -1.79. The van der Waals surface area contributed by atoms with Gasteiger partial charge in [0.2, 0.25) is 5.91 Å². The van der Waals surface area contributed by atoms with Crippen LogP contribution in [0.5, 0.6) is 0 Å². The molecular formula is C11H19N3O4. The molecule has 0 saturated heterocycles. The van der Waals surface area contributed by atoms with Crippen molar-refractivity contribution in [3.05, 3.63) is 0 Å². The van der Waals surface area contributed by atoms with Crippen molar-refractivity contribution in [3.63, 3.8) is 0 Å². The molecule has 1 saturated carbocycles. The van der Waals surface area contributed by atoms with Crippen LogP contribution in [0.3, 0.4) is 0 Å². The van der Waals surface area contributed by atoms with Crippen LogP contribution in [-0.4, -0.2) is 42.6 Å². The van der Waals surface area contributed by atoms with Gasteiger partial charge in [0.25, 0.3) is 0 Å². The molecule has 0 bridgehead atoms. The van der Waals surface area contributed by atoms with Crippen molar-refractivity contribution in [3.8, 4) is 0 Å². The molecule has 3 amide bonds. The fourth-order valence-corrected chi connectivity index (χ4v) is 1.46. The van der Waals surface area contributed by atoms with E-state index in [0.29, 0.717) is 6.54 Å². The quantitative estimate of drug-likeness (QED) is 0.447. The number of aliphatic carboxylic acids is 1. The average molecular weight is 257 g/mol. The van der Waals surface area contributed by atoms with Crippen LogP contribution in [0.15, 0.2) is 0 Å². The van der Waals surface area contributed by atoms with E-state index in [4.69, 9.17) is 5.11 Å². The normalized spacial score (nSPS) is 13.8. The highest BCUT2D eigenvalue weighted by Crippen LogP contribution is 2.33. The summed E-state index contributed by atoms with van der Waals surface area (Å²) in [7, 11) is 0. The minimum Gasteiger partial charge on any atom is -0.480 e. The molecule has 102 valence electrons. The first-order valence-corrected chi connectivity index (χ1v) is 6.08. The molecule has 0 radical (unpaired) electrons. The molecule has 0 aliphatic heterocycles. The molecule has 1 rings (SSSR count). The average Bonchev–Trinajstić information content (AvgIpc) is 3.13. The SMILES string of the molecule is O=C(O)CNC(=O)CNC(=O)NCCCC1CC1. The number of hydrogen-bond acceptors (Lipinski definition) is 3. The zero-order chi connectivity index (χ0) is 13.4. The standard InChI is InChI=1S/C11H19N3O4/c15-9(13-7-10(16)17)6-14-11(18)12-5-1-2-8-3-4-8/h8H,1-7H2,(H,13,15)(H,16,17)(H2,12,14,18). The molecule has 18 heavy (non-hydrogen) atoms. The molecule has 4 N–H and O–H groups in total. The minimum absolute atomic E-state index is 0.220. The maximum atomic E-state index is 11.2. The summed E-state index contributed by atoms with van der Waals surface area (Å²) >= 11 is 0. The van der Waals surface area contributed by atoms with Crippen molar-refractivity contribution in [2.45, 2.75) is 25.7 Å². The van der Waals surface area contributed by atoms with Crippen LogP contribution in [0.4, 0.5) is 4.79 Å². The van der Waals surface area contributed by atoms with Gasteiger partial charge in [-0.2, -0.15) is 0 Å². The fraction of sp³-hybridized carbons (Fsp3) is 0.727. The molecule has 7 heteroatoms. The first kappa shape index (κ1) is 14.3. The van der Waals surface area contributed by atoms with E-state index in [1.165, 1.54) is 12.8 Å². The molecule has 0 aromatic carbocycles. The molecule has 0 heterocycles. The molecule has 0 aromatic rings. The van der Waals surface area contributed by atoms with Crippen molar-refractivity contribution in [2.24, 2.45) is 5.92 Å². The van der Waals surface area contributed by atoms with Crippen LogP contribution < -0.4 is 16.0 Å². The molecule has 0 atom stereocenters. The maximum absolute atomic E-state index is 11.2. The summed E-state index contributed by atoms with van der Waals surface area (Å²) in [5.41, 5.74) is 0. The van der Waals surface area contributed by atoms with E-state index in [1.807, 2.05) is 0 Å². The van der Waals surface area contributed by atoms with Gasteiger partial charge < -0.3 is 21.1 Å². The van der Waals surface area contributed by atoms with Gasteiger partial charge in [-0.15, -0.1) is 0 Å². The summed E-state index contributed by atoms with van der Waals surface area (Å²) in [5, 5.41) is 15.5. The zero-order valence-electron chi connectivity index (χ0n) is 10.2. The zero-order valence-corrected chi connectivity index (χ0v) is 10.2. The second kappa shape index (κ2) is 7.52. The number of carboxylic acid groups (broad SMARTS) is 1. The highest BCUT2D eigenvalue weighted by atomic mass is 16.4. The van der Waals surface area contributed by atoms with Crippen molar-refractivity contribution < 1.29 is 19.5 Å². The summed E-state index contributed by atoms with van der Waals surface area (Å²) in [6.07, 6.45) is 4.69. The van der Waals surface area contributed by atoms with Crippen LogP contribution in [0.25, 0.3) is 0 Å². The van der Waals surface area contributed by atoms with Crippen LogP contribution in [-0.2, 0) is 9.59 Å². The molecular weight excluding hydrogens is 238 g/mol.